The molecule has 0 saturated carbocycles. The maximum absolute atomic E-state index is 11.7. The monoisotopic (exact) mass is 288 g/mol. The van der Waals surface area contributed by atoms with Gasteiger partial charge in [-0.1, -0.05) is 42.6 Å². The van der Waals surface area contributed by atoms with E-state index in [0.717, 1.165) is 12.8 Å². The number of amides is 1. The van der Waals surface area contributed by atoms with Gasteiger partial charge in [-0.05, 0) is 25.5 Å². The first-order valence-electron chi connectivity index (χ1n) is 6.01. The summed E-state index contributed by atoms with van der Waals surface area (Å²) in [6.45, 7) is 4.24. The van der Waals surface area contributed by atoms with E-state index in [9.17, 15) is 4.79 Å². The minimum Gasteiger partial charge on any atom is -0.374 e. The number of rotatable bonds is 6. The number of nitrogens with one attached hydrogen (secondary N) is 2. The number of hydrogen-bond acceptors (Lipinski definition) is 2. The average molecular weight is 289 g/mol. The minimum absolute atomic E-state index is 0.0630. The van der Waals surface area contributed by atoms with Crippen molar-refractivity contribution in [3.63, 3.8) is 0 Å². The Morgan fingerprint density at radius 2 is 1.94 bits per heavy atom. The molecule has 1 rings (SSSR count). The summed E-state index contributed by atoms with van der Waals surface area (Å²) in [6.07, 6.45) is 2.02. The molecular weight excluding hydrogens is 271 g/mol. The fraction of sp³-hybridized carbons (Fsp3) is 0.462. The summed E-state index contributed by atoms with van der Waals surface area (Å²) >= 11 is 12.0. The molecule has 0 aromatic heterocycles. The van der Waals surface area contributed by atoms with E-state index in [2.05, 4.69) is 17.6 Å². The molecule has 0 spiro atoms. The predicted octanol–water partition coefficient (Wildman–Crippen LogP) is 3.71. The fourth-order valence-electron chi connectivity index (χ4n) is 1.67. The smallest absolute Gasteiger partial charge is 0.239 e. The average Bonchev–Trinajstić information content (AvgIpc) is 2.28. The molecule has 0 heterocycles. The van der Waals surface area contributed by atoms with Crippen molar-refractivity contribution in [2.24, 2.45) is 0 Å². The summed E-state index contributed by atoms with van der Waals surface area (Å²) < 4.78 is 0. The lowest BCUT2D eigenvalue weighted by Gasteiger charge is -2.14. The topological polar surface area (TPSA) is 41.1 Å². The first-order valence-corrected chi connectivity index (χ1v) is 6.77. The Kier molecular flexibility index (Phi) is 6.30. The molecule has 0 radical (unpaired) electrons. The molecule has 0 bridgehead atoms. The van der Waals surface area contributed by atoms with E-state index >= 15 is 0 Å². The van der Waals surface area contributed by atoms with E-state index in [-0.39, 0.29) is 18.5 Å². The Labute approximate surface area is 118 Å². The molecular formula is C13H18Cl2N2O. The van der Waals surface area contributed by atoms with E-state index in [0.29, 0.717) is 15.7 Å². The van der Waals surface area contributed by atoms with Crippen LogP contribution in [0, 0.1) is 0 Å². The van der Waals surface area contributed by atoms with Gasteiger partial charge in [-0.25, -0.2) is 0 Å². The maximum Gasteiger partial charge on any atom is 0.239 e. The van der Waals surface area contributed by atoms with E-state index < -0.39 is 0 Å². The summed E-state index contributed by atoms with van der Waals surface area (Å²) in [6, 6.07) is 5.41. The van der Waals surface area contributed by atoms with Crippen LogP contribution in [0.1, 0.15) is 26.7 Å². The van der Waals surface area contributed by atoms with Crippen LogP contribution < -0.4 is 10.6 Å². The van der Waals surface area contributed by atoms with Gasteiger partial charge in [-0.15, -0.1) is 0 Å². The Hall–Kier alpha value is -0.930. The Balaban J connectivity index is 2.48. The van der Waals surface area contributed by atoms with Crippen molar-refractivity contribution >= 4 is 34.8 Å². The number of anilines is 1. The standard InChI is InChI=1S/C13H18Cl2N2O/c1-3-5-9(2)17-12(18)8-16-13-10(14)6-4-7-11(13)15/h4,6-7,9,16H,3,5,8H2,1-2H3,(H,17,18). The SMILES string of the molecule is CCCC(C)NC(=O)CNc1c(Cl)cccc1Cl. The number of para-hydroxylation sites is 1. The molecule has 1 unspecified atom stereocenters. The first-order chi connectivity index (χ1) is 8.54. The number of hydrogen-bond donors (Lipinski definition) is 2. The third kappa shape index (κ3) is 4.75. The van der Waals surface area contributed by atoms with Gasteiger partial charge in [0.05, 0.1) is 22.3 Å². The van der Waals surface area contributed by atoms with Crippen LogP contribution in [0.3, 0.4) is 0 Å². The maximum atomic E-state index is 11.7. The van der Waals surface area contributed by atoms with Crippen molar-refractivity contribution in [3.05, 3.63) is 28.2 Å². The van der Waals surface area contributed by atoms with Crippen molar-refractivity contribution in [1.29, 1.82) is 0 Å². The van der Waals surface area contributed by atoms with Gasteiger partial charge in [0.15, 0.2) is 0 Å². The summed E-state index contributed by atoms with van der Waals surface area (Å²) in [5.74, 6) is -0.0630. The normalized spacial score (nSPS) is 12.0. The highest BCUT2D eigenvalue weighted by molar-refractivity contribution is 6.39. The fourth-order valence-corrected chi connectivity index (χ4v) is 2.20. The quantitative estimate of drug-likeness (QED) is 0.838. The van der Waals surface area contributed by atoms with Crippen LogP contribution in [0.4, 0.5) is 5.69 Å². The highest BCUT2D eigenvalue weighted by Gasteiger charge is 2.09. The second-order valence-corrected chi connectivity index (χ2v) is 5.02. The molecule has 1 aromatic rings. The van der Waals surface area contributed by atoms with Crippen LogP contribution in [0.5, 0.6) is 0 Å². The summed E-state index contributed by atoms with van der Waals surface area (Å²) in [7, 11) is 0. The molecule has 0 aliphatic rings. The van der Waals surface area contributed by atoms with E-state index in [1.54, 1.807) is 18.2 Å². The van der Waals surface area contributed by atoms with Crippen molar-refractivity contribution in [2.75, 3.05) is 11.9 Å². The zero-order valence-electron chi connectivity index (χ0n) is 10.6. The van der Waals surface area contributed by atoms with Crippen LogP contribution >= 0.6 is 23.2 Å². The lowest BCUT2D eigenvalue weighted by molar-refractivity contribution is -0.120. The van der Waals surface area contributed by atoms with E-state index in [1.807, 2.05) is 6.92 Å². The molecule has 0 aliphatic carbocycles. The third-order valence-corrected chi connectivity index (χ3v) is 3.15. The van der Waals surface area contributed by atoms with Crippen molar-refractivity contribution in [2.45, 2.75) is 32.7 Å². The van der Waals surface area contributed by atoms with Crippen LogP contribution in [-0.4, -0.2) is 18.5 Å². The van der Waals surface area contributed by atoms with E-state index in [1.165, 1.54) is 0 Å². The number of carbonyl (C=O) groups is 1. The van der Waals surface area contributed by atoms with Gasteiger partial charge >= 0.3 is 0 Å². The predicted molar refractivity (Wildman–Crippen MR) is 77.5 cm³/mol. The largest absolute Gasteiger partial charge is 0.374 e. The lowest BCUT2D eigenvalue weighted by atomic mass is 10.2. The van der Waals surface area contributed by atoms with Gasteiger partial charge < -0.3 is 10.6 Å². The molecule has 100 valence electrons. The molecule has 1 aromatic carbocycles. The Bertz CT molecular complexity index is 390. The number of halogens is 2. The molecule has 5 heteroatoms. The highest BCUT2D eigenvalue weighted by atomic mass is 35.5. The zero-order chi connectivity index (χ0) is 13.5. The molecule has 1 amide bonds. The second-order valence-electron chi connectivity index (χ2n) is 4.21. The van der Waals surface area contributed by atoms with Gasteiger partial charge in [0.2, 0.25) is 5.91 Å². The Morgan fingerprint density at radius 3 is 2.50 bits per heavy atom. The summed E-state index contributed by atoms with van der Waals surface area (Å²) in [4.78, 5) is 11.7. The van der Waals surface area contributed by atoms with Gasteiger partial charge in [0, 0.05) is 6.04 Å². The zero-order valence-corrected chi connectivity index (χ0v) is 12.1. The minimum atomic E-state index is -0.0630. The van der Waals surface area contributed by atoms with Crippen molar-refractivity contribution < 1.29 is 4.79 Å². The molecule has 18 heavy (non-hydrogen) atoms. The second kappa shape index (κ2) is 7.49. The van der Waals surface area contributed by atoms with Gasteiger partial charge in [0.25, 0.3) is 0 Å². The summed E-state index contributed by atoms with van der Waals surface area (Å²) in [5.41, 5.74) is 0.596. The van der Waals surface area contributed by atoms with Crippen LogP contribution in [0.25, 0.3) is 0 Å². The molecule has 3 nitrogen and oxygen atoms in total. The number of carbonyl (C=O) groups excluding carboxylic acids is 1. The first kappa shape index (κ1) is 15.1. The van der Waals surface area contributed by atoms with Gasteiger partial charge in [-0.2, -0.15) is 0 Å². The number of benzene rings is 1. The highest BCUT2D eigenvalue weighted by Crippen LogP contribution is 2.29. The molecule has 1 atom stereocenters. The third-order valence-electron chi connectivity index (χ3n) is 2.52. The van der Waals surface area contributed by atoms with Gasteiger partial charge in [0.1, 0.15) is 0 Å². The molecule has 2 N–H and O–H groups in total. The van der Waals surface area contributed by atoms with E-state index in [4.69, 9.17) is 23.2 Å². The molecule has 0 saturated heterocycles. The van der Waals surface area contributed by atoms with Crippen LogP contribution in [-0.2, 0) is 4.79 Å². The Morgan fingerprint density at radius 1 is 1.33 bits per heavy atom. The molecule has 0 aliphatic heterocycles. The van der Waals surface area contributed by atoms with Crippen molar-refractivity contribution in [3.8, 4) is 0 Å². The summed E-state index contributed by atoms with van der Waals surface area (Å²) in [5, 5.41) is 6.88. The van der Waals surface area contributed by atoms with Crippen LogP contribution in [0.15, 0.2) is 18.2 Å². The van der Waals surface area contributed by atoms with Crippen molar-refractivity contribution in [1.82, 2.24) is 5.32 Å². The molecule has 0 fully saturated rings. The van der Waals surface area contributed by atoms with Crippen LogP contribution in [0.2, 0.25) is 10.0 Å². The van der Waals surface area contributed by atoms with Gasteiger partial charge in [-0.3, -0.25) is 4.79 Å². The lowest BCUT2D eigenvalue weighted by Crippen LogP contribution is -2.36.